The highest BCUT2D eigenvalue weighted by atomic mass is 32.1. The van der Waals surface area contributed by atoms with Gasteiger partial charge in [0.05, 0.1) is 16.4 Å². The Morgan fingerprint density at radius 3 is 2.85 bits per heavy atom. The van der Waals surface area contributed by atoms with Gasteiger partial charge in [-0.1, -0.05) is 12.1 Å². The molecule has 1 heterocycles. The van der Waals surface area contributed by atoms with E-state index in [9.17, 15) is 9.18 Å². The third-order valence-electron chi connectivity index (χ3n) is 2.42. The van der Waals surface area contributed by atoms with Crippen LogP contribution in [0.3, 0.4) is 0 Å². The van der Waals surface area contributed by atoms with Crippen molar-refractivity contribution in [2.75, 3.05) is 5.32 Å². The van der Waals surface area contributed by atoms with E-state index in [1.165, 1.54) is 35.6 Å². The van der Waals surface area contributed by atoms with E-state index in [-0.39, 0.29) is 11.3 Å². The van der Waals surface area contributed by atoms with Gasteiger partial charge in [-0.25, -0.2) is 9.37 Å². The van der Waals surface area contributed by atoms with E-state index >= 15 is 0 Å². The summed E-state index contributed by atoms with van der Waals surface area (Å²) in [5.74, 6) is -1.22. The Morgan fingerprint density at radius 1 is 1.50 bits per heavy atom. The Morgan fingerprint density at radius 2 is 2.25 bits per heavy atom. The molecule has 0 fully saturated rings. The van der Waals surface area contributed by atoms with Crippen molar-refractivity contribution in [2.45, 2.75) is 6.92 Å². The molecule has 0 aliphatic carbocycles. The van der Waals surface area contributed by atoms with Crippen molar-refractivity contribution < 1.29 is 9.18 Å². The number of nitrogens with one attached hydrogen (secondary N) is 1. The number of halogens is 1. The minimum Gasteiger partial charge on any atom is -0.319 e. The van der Waals surface area contributed by atoms with E-state index in [1.54, 1.807) is 17.5 Å². The number of aromatic nitrogens is 1. The van der Waals surface area contributed by atoms with E-state index in [1.807, 2.05) is 6.92 Å². The number of nitriles is 1. The second-order valence-corrected chi connectivity index (χ2v) is 4.96. The van der Waals surface area contributed by atoms with Crippen LogP contribution in [0.15, 0.2) is 35.2 Å². The van der Waals surface area contributed by atoms with Crippen molar-refractivity contribution in [1.29, 1.82) is 5.26 Å². The lowest BCUT2D eigenvalue weighted by Crippen LogP contribution is -2.14. The lowest BCUT2D eigenvalue weighted by atomic mass is 10.2. The number of aryl methyl sites for hydroxylation is 1. The van der Waals surface area contributed by atoms with Gasteiger partial charge in [-0.2, -0.15) is 5.26 Å². The molecule has 1 N–H and O–H groups in total. The predicted octanol–water partition coefficient (Wildman–Crippen LogP) is 3.14. The SMILES string of the molecule is Cc1nc(/C=C(\C#N)C(=O)Nc2ccccc2F)cs1. The summed E-state index contributed by atoms with van der Waals surface area (Å²) in [6, 6.07) is 7.56. The van der Waals surface area contributed by atoms with Gasteiger partial charge in [-0.3, -0.25) is 4.79 Å². The summed E-state index contributed by atoms with van der Waals surface area (Å²) < 4.78 is 13.4. The molecule has 2 rings (SSSR count). The van der Waals surface area contributed by atoms with E-state index < -0.39 is 11.7 Å². The zero-order valence-corrected chi connectivity index (χ0v) is 11.4. The Hall–Kier alpha value is -2.52. The number of carbonyl (C=O) groups is 1. The van der Waals surface area contributed by atoms with Crippen molar-refractivity contribution >= 4 is 29.0 Å². The molecule has 0 unspecified atom stereocenters. The minimum atomic E-state index is -0.664. The van der Waals surface area contributed by atoms with E-state index in [4.69, 9.17) is 5.26 Å². The van der Waals surface area contributed by atoms with Crippen LogP contribution in [-0.4, -0.2) is 10.9 Å². The highest BCUT2D eigenvalue weighted by molar-refractivity contribution is 7.09. The number of hydrogen-bond donors (Lipinski definition) is 1. The van der Waals surface area contributed by atoms with E-state index in [0.717, 1.165) is 5.01 Å². The molecule has 4 nitrogen and oxygen atoms in total. The molecule has 0 radical (unpaired) electrons. The van der Waals surface area contributed by atoms with Crippen molar-refractivity contribution in [1.82, 2.24) is 4.98 Å². The van der Waals surface area contributed by atoms with Crippen LogP contribution in [0.2, 0.25) is 0 Å². The quantitative estimate of drug-likeness (QED) is 0.696. The molecular formula is C14H10FN3OS. The first-order valence-electron chi connectivity index (χ1n) is 5.70. The summed E-state index contributed by atoms with van der Waals surface area (Å²) >= 11 is 1.42. The Bertz CT molecular complexity index is 715. The van der Waals surface area contributed by atoms with Crippen molar-refractivity contribution in [3.05, 3.63) is 51.7 Å². The number of carbonyl (C=O) groups excluding carboxylic acids is 1. The number of amides is 1. The van der Waals surface area contributed by atoms with E-state index in [0.29, 0.717) is 5.69 Å². The second-order valence-electron chi connectivity index (χ2n) is 3.90. The summed E-state index contributed by atoms with van der Waals surface area (Å²) in [5.41, 5.74) is 0.444. The third-order valence-corrected chi connectivity index (χ3v) is 3.21. The highest BCUT2D eigenvalue weighted by Gasteiger charge is 2.12. The number of nitrogens with zero attached hydrogens (tertiary/aromatic N) is 2. The largest absolute Gasteiger partial charge is 0.319 e. The first-order chi connectivity index (χ1) is 9.60. The average molecular weight is 287 g/mol. The second kappa shape index (κ2) is 6.08. The van der Waals surface area contributed by atoms with Gasteiger partial charge in [-0.05, 0) is 25.1 Å². The zero-order chi connectivity index (χ0) is 14.5. The molecule has 1 aromatic heterocycles. The topological polar surface area (TPSA) is 65.8 Å². The fraction of sp³-hybridized carbons (Fsp3) is 0.0714. The van der Waals surface area contributed by atoms with Crippen molar-refractivity contribution in [3.63, 3.8) is 0 Å². The molecule has 1 aromatic carbocycles. The average Bonchev–Trinajstić information content (AvgIpc) is 2.84. The molecule has 1 amide bonds. The summed E-state index contributed by atoms with van der Waals surface area (Å²) in [7, 11) is 0. The number of rotatable bonds is 3. The molecule has 0 atom stereocenters. The molecule has 0 aliphatic rings. The van der Waals surface area contributed by atoms with Crippen LogP contribution >= 0.6 is 11.3 Å². The smallest absolute Gasteiger partial charge is 0.266 e. The van der Waals surface area contributed by atoms with Gasteiger partial charge in [-0.15, -0.1) is 11.3 Å². The Kier molecular flexibility index (Phi) is 4.23. The summed E-state index contributed by atoms with van der Waals surface area (Å²) in [5, 5.41) is 13.9. The molecule has 0 aliphatic heterocycles. The molecule has 6 heteroatoms. The Labute approximate surface area is 119 Å². The van der Waals surface area contributed by atoms with Gasteiger partial charge in [0.2, 0.25) is 0 Å². The molecule has 100 valence electrons. The summed E-state index contributed by atoms with van der Waals surface area (Å²) in [6.45, 7) is 1.83. The number of thiazole rings is 1. The third kappa shape index (κ3) is 3.28. The maximum absolute atomic E-state index is 13.4. The lowest BCUT2D eigenvalue weighted by molar-refractivity contribution is -0.112. The van der Waals surface area contributed by atoms with Crippen LogP contribution in [0.1, 0.15) is 10.7 Å². The van der Waals surface area contributed by atoms with Crippen LogP contribution < -0.4 is 5.32 Å². The maximum atomic E-state index is 13.4. The summed E-state index contributed by atoms with van der Waals surface area (Å²) in [4.78, 5) is 16.1. The molecule has 0 spiro atoms. The first-order valence-corrected chi connectivity index (χ1v) is 6.58. The standard InChI is InChI=1S/C14H10FN3OS/c1-9-17-11(8-20-9)6-10(7-16)14(19)18-13-5-3-2-4-12(13)15/h2-6,8H,1H3,(H,18,19)/b10-6+. The predicted molar refractivity (Wildman–Crippen MR) is 75.5 cm³/mol. The highest BCUT2D eigenvalue weighted by Crippen LogP contribution is 2.15. The number of para-hydroxylation sites is 1. The number of benzene rings is 1. The summed E-state index contributed by atoms with van der Waals surface area (Å²) in [6.07, 6.45) is 1.37. The molecular weight excluding hydrogens is 277 g/mol. The van der Waals surface area contributed by atoms with Crippen LogP contribution in [0.5, 0.6) is 0 Å². The molecule has 0 bridgehead atoms. The van der Waals surface area contributed by atoms with Gasteiger partial charge in [0.25, 0.3) is 5.91 Å². The maximum Gasteiger partial charge on any atom is 0.266 e. The Balaban J connectivity index is 2.21. The van der Waals surface area contributed by atoms with Crippen LogP contribution in [0, 0.1) is 24.1 Å². The number of hydrogen-bond acceptors (Lipinski definition) is 4. The molecule has 0 saturated carbocycles. The fourth-order valence-electron chi connectivity index (χ4n) is 1.50. The number of anilines is 1. The van der Waals surface area contributed by atoms with Crippen LogP contribution in [0.4, 0.5) is 10.1 Å². The lowest BCUT2D eigenvalue weighted by Gasteiger charge is -2.04. The normalized spacial score (nSPS) is 10.9. The zero-order valence-electron chi connectivity index (χ0n) is 10.6. The molecule has 20 heavy (non-hydrogen) atoms. The van der Waals surface area contributed by atoms with Gasteiger partial charge >= 0.3 is 0 Å². The first kappa shape index (κ1) is 13.9. The molecule has 0 saturated heterocycles. The fourth-order valence-corrected chi connectivity index (χ4v) is 2.07. The van der Waals surface area contributed by atoms with Crippen molar-refractivity contribution in [3.8, 4) is 6.07 Å². The van der Waals surface area contributed by atoms with Crippen LogP contribution in [-0.2, 0) is 4.79 Å². The van der Waals surface area contributed by atoms with Gasteiger partial charge in [0.1, 0.15) is 17.5 Å². The van der Waals surface area contributed by atoms with Crippen molar-refractivity contribution in [2.24, 2.45) is 0 Å². The minimum absolute atomic E-state index is 0.0353. The van der Waals surface area contributed by atoms with Gasteiger partial charge in [0.15, 0.2) is 0 Å². The van der Waals surface area contributed by atoms with Gasteiger partial charge < -0.3 is 5.32 Å². The molecule has 2 aromatic rings. The van der Waals surface area contributed by atoms with E-state index in [2.05, 4.69) is 10.3 Å². The monoisotopic (exact) mass is 287 g/mol. The van der Waals surface area contributed by atoms with Gasteiger partial charge in [0, 0.05) is 5.38 Å². The van der Waals surface area contributed by atoms with Crippen LogP contribution in [0.25, 0.3) is 6.08 Å².